The second-order valence-electron chi connectivity index (χ2n) is 6.19. The van der Waals surface area contributed by atoms with Gasteiger partial charge in [0.1, 0.15) is 0 Å². The number of hydrogen-bond donors (Lipinski definition) is 1. The van der Waals surface area contributed by atoms with Gasteiger partial charge in [-0.3, -0.25) is 4.68 Å². The molecule has 27 heavy (non-hydrogen) atoms. The van der Waals surface area contributed by atoms with Crippen LogP contribution in [0.3, 0.4) is 0 Å². The lowest BCUT2D eigenvalue weighted by Crippen LogP contribution is -2.38. The second kappa shape index (κ2) is 9.95. The average Bonchev–Trinajstić information content (AvgIpc) is 2.94. The summed E-state index contributed by atoms with van der Waals surface area (Å²) in [7, 11) is 3.33. The predicted octanol–water partition coefficient (Wildman–Crippen LogP) is 3.96. The minimum atomic E-state index is -4.49. The Morgan fingerprint density at radius 2 is 1.89 bits per heavy atom. The smallest absolute Gasteiger partial charge is 0.357 e. The van der Waals surface area contributed by atoms with Gasteiger partial charge in [0.2, 0.25) is 0 Å². The molecule has 1 aromatic heterocycles. The van der Waals surface area contributed by atoms with Crippen LogP contribution < -0.4 is 5.32 Å². The zero-order valence-electron chi connectivity index (χ0n) is 15.8. The summed E-state index contributed by atoms with van der Waals surface area (Å²) < 4.78 is 40.4. The fourth-order valence-corrected chi connectivity index (χ4v) is 2.56. The number of aliphatic imine (C=N–C) groups is 1. The molecule has 0 saturated heterocycles. The maximum absolute atomic E-state index is 13.1. The van der Waals surface area contributed by atoms with Crippen molar-refractivity contribution in [3.8, 4) is 0 Å². The molecule has 0 aliphatic rings. The van der Waals surface area contributed by atoms with Crippen LogP contribution in [0.1, 0.15) is 29.3 Å². The molecule has 2 aromatic rings. The van der Waals surface area contributed by atoms with Gasteiger partial charge in [0.25, 0.3) is 0 Å². The van der Waals surface area contributed by atoms with Crippen molar-refractivity contribution < 1.29 is 13.2 Å². The van der Waals surface area contributed by atoms with Crippen LogP contribution in [0.5, 0.6) is 0 Å². The maximum atomic E-state index is 13.1. The van der Waals surface area contributed by atoms with E-state index in [2.05, 4.69) is 15.4 Å². The molecule has 150 valence electrons. The Hall–Kier alpha value is -1.78. The number of rotatable bonds is 5. The van der Waals surface area contributed by atoms with Crippen molar-refractivity contribution >= 4 is 29.9 Å². The summed E-state index contributed by atoms with van der Waals surface area (Å²) in [6.07, 6.45) is -3.13. The first-order valence-electron chi connectivity index (χ1n) is 8.35. The highest BCUT2D eigenvalue weighted by atomic mass is 127. The van der Waals surface area contributed by atoms with Gasteiger partial charge in [0, 0.05) is 38.9 Å². The number of benzene rings is 1. The molecule has 0 atom stereocenters. The number of halogens is 4. The Labute approximate surface area is 174 Å². The highest BCUT2D eigenvalue weighted by Gasteiger charge is 2.36. The minimum absolute atomic E-state index is 0. The average molecular weight is 495 g/mol. The lowest BCUT2D eigenvalue weighted by atomic mass is 10.1. The molecular formula is C18H25F3IN5. The molecule has 0 amide bonds. The molecular weight excluding hydrogens is 470 g/mol. The van der Waals surface area contributed by atoms with Gasteiger partial charge in [-0.25, -0.2) is 4.99 Å². The van der Waals surface area contributed by atoms with Crippen LogP contribution in [0.2, 0.25) is 0 Å². The summed E-state index contributed by atoms with van der Waals surface area (Å²) in [4.78, 5) is 6.25. The summed E-state index contributed by atoms with van der Waals surface area (Å²) >= 11 is 0. The van der Waals surface area contributed by atoms with Gasteiger partial charge in [-0.1, -0.05) is 29.8 Å². The zero-order valence-corrected chi connectivity index (χ0v) is 18.2. The molecule has 0 spiro atoms. The molecule has 2 rings (SSSR count). The number of hydrogen-bond acceptors (Lipinski definition) is 2. The number of alkyl halides is 3. The predicted molar refractivity (Wildman–Crippen MR) is 111 cm³/mol. The molecule has 9 heteroatoms. The molecule has 1 aromatic carbocycles. The van der Waals surface area contributed by atoms with Crippen molar-refractivity contribution in [3.63, 3.8) is 0 Å². The third-order valence-electron chi connectivity index (χ3n) is 3.81. The summed E-state index contributed by atoms with van der Waals surface area (Å²) in [5.41, 5.74) is 1.44. The summed E-state index contributed by atoms with van der Waals surface area (Å²) in [6.45, 7) is 5.07. The molecule has 0 radical (unpaired) electrons. The Balaban J connectivity index is 0.00000364. The van der Waals surface area contributed by atoms with E-state index in [4.69, 9.17) is 0 Å². The maximum Gasteiger partial charge on any atom is 0.435 e. The highest BCUT2D eigenvalue weighted by molar-refractivity contribution is 14.0. The van der Waals surface area contributed by atoms with Crippen LogP contribution in [0.25, 0.3) is 0 Å². The van der Waals surface area contributed by atoms with Gasteiger partial charge < -0.3 is 10.2 Å². The lowest BCUT2D eigenvalue weighted by Gasteiger charge is -2.22. The van der Waals surface area contributed by atoms with E-state index in [0.717, 1.165) is 10.2 Å². The normalized spacial score (nSPS) is 11.9. The van der Waals surface area contributed by atoms with E-state index in [-0.39, 0.29) is 36.1 Å². The fourth-order valence-electron chi connectivity index (χ4n) is 2.56. The molecule has 1 heterocycles. The number of aryl methyl sites for hydroxylation is 2. The summed E-state index contributed by atoms with van der Waals surface area (Å²) in [5.74, 6) is 0.546. The van der Waals surface area contributed by atoms with E-state index in [0.29, 0.717) is 19.0 Å². The molecule has 5 nitrogen and oxygen atoms in total. The number of aromatic nitrogens is 2. The summed E-state index contributed by atoms with van der Waals surface area (Å²) in [6, 6.07) is 8.10. The van der Waals surface area contributed by atoms with Gasteiger partial charge in [-0.05, 0) is 19.4 Å². The topological polar surface area (TPSA) is 45.5 Å². The van der Waals surface area contributed by atoms with Gasteiger partial charge in [-0.15, -0.1) is 24.0 Å². The highest BCUT2D eigenvalue weighted by Crippen LogP contribution is 2.30. The summed E-state index contributed by atoms with van der Waals surface area (Å²) in [5, 5.41) is 6.63. The SMILES string of the molecule is CCNC(=NCc1cn(C)nc1C(F)(F)F)N(C)Cc1ccc(C)cc1.I. The minimum Gasteiger partial charge on any atom is -0.357 e. The first kappa shape index (κ1) is 23.3. The largest absolute Gasteiger partial charge is 0.435 e. The molecule has 0 unspecified atom stereocenters. The van der Waals surface area contributed by atoms with E-state index >= 15 is 0 Å². The number of nitrogens with zero attached hydrogens (tertiary/aromatic N) is 4. The Morgan fingerprint density at radius 1 is 1.26 bits per heavy atom. The number of guanidine groups is 1. The third-order valence-corrected chi connectivity index (χ3v) is 3.81. The molecule has 1 N–H and O–H groups in total. The molecule has 0 bridgehead atoms. The monoisotopic (exact) mass is 495 g/mol. The van der Waals surface area contributed by atoms with Crippen molar-refractivity contribution in [2.24, 2.45) is 12.0 Å². The van der Waals surface area contributed by atoms with Gasteiger partial charge in [0.05, 0.1) is 6.54 Å². The van der Waals surface area contributed by atoms with Crippen LogP contribution in [0.15, 0.2) is 35.5 Å². The van der Waals surface area contributed by atoms with Crippen molar-refractivity contribution in [1.29, 1.82) is 0 Å². The zero-order chi connectivity index (χ0) is 19.3. The van der Waals surface area contributed by atoms with Crippen LogP contribution in [0.4, 0.5) is 13.2 Å². The van der Waals surface area contributed by atoms with Crippen LogP contribution in [-0.4, -0.2) is 34.2 Å². The molecule has 0 aliphatic carbocycles. The Bertz CT molecular complexity index is 753. The third kappa shape index (κ3) is 6.71. The van der Waals surface area contributed by atoms with Gasteiger partial charge in [0.15, 0.2) is 11.7 Å². The standard InChI is InChI=1S/C18H24F3N5.HI/c1-5-22-17(25(3)11-14-8-6-13(2)7-9-14)23-10-15-12-26(4)24-16(15)18(19,20)21;/h6-9,12H,5,10-11H2,1-4H3,(H,22,23);1H. The van der Waals surface area contributed by atoms with Crippen molar-refractivity contribution in [3.05, 3.63) is 52.8 Å². The van der Waals surface area contributed by atoms with Gasteiger partial charge >= 0.3 is 6.18 Å². The Morgan fingerprint density at radius 3 is 2.44 bits per heavy atom. The molecule has 0 aliphatic heterocycles. The van der Waals surface area contributed by atoms with Crippen LogP contribution in [0, 0.1) is 6.92 Å². The number of nitrogens with one attached hydrogen (secondary N) is 1. The van der Waals surface area contributed by atoms with Crippen molar-refractivity contribution in [2.75, 3.05) is 13.6 Å². The first-order valence-corrected chi connectivity index (χ1v) is 8.35. The Kier molecular flexibility index (Phi) is 8.58. The quantitative estimate of drug-likeness (QED) is 0.388. The lowest BCUT2D eigenvalue weighted by molar-refractivity contribution is -0.142. The second-order valence-corrected chi connectivity index (χ2v) is 6.19. The van der Waals surface area contributed by atoms with Gasteiger partial charge in [-0.2, -0.15) is 18.3 Å². The van der Waals surface area contributed by atoms with E-state index in [1.54, 1.807) is 0 Å². The van der Waals surface area contributed by atoms with Crippen molar-refractivity contribution in [1.82, 2.24) is 20.0 Å². The molecule has 0 saturated carbocycles. The van der Waals surface area contributed by atoms with Crippen LogP contribution in [-0.2, 0) is 26.3 Å². The van der Waals surface area contributed by atoms with Crippen LogP contribution >= 0.6 is 24.0 Å². The van der Waals surface area contributed by atoms with E-state index in [1.165, 1.54) is 18.8 Å². The first-order chi connectivity index (χ1) is 12.2. The van der Waals surface area contributed by atoms with E-state index in [1.807, 2.05) is 50.1 Å². The van der Waals surface area contributed by atoms with E-state index < -0.39 is 11.9 Å². The molecule has 0 fully saturated rings. The fraction of sp³-hybridized carbons (Fsp3) is 0.444. The van der Waals surface area contributed by atoms with Crippen molar-refractivity contribution in [2.45, 2.75) is 33.1 Å². The van der Waals surface area contributed by atoms with E-state index in [9.17, 15) is 13.2 Å².